The molecule has 0 radical (unpaired) electrons. The summed E-state index contributed by atoms with van der Waals surface area (Å²) in [5, 5.41) is 16.4. The fraction of sp³-hybridized carbons (Fsp3) is 0.889. The summed E-state index contributed by atoms with van der Waals surface area (Å²) in [4.78, 5) is 0. The molecule has 1 aromatic heterocycles. The van der Waals surface area contributed by atoms with Gasteiger partial charge in [0.25, 0.3) is 0 Å². The second-order valence-electron chi connectivity index (χ2n) is 7.46. The van der Waals surface area contributed by atoms with Crippen molar-refractivity contribution < 1.29 is 0 Å². The highest BCUT2D eigenvalue weighted by molar-refractivity contribution is 5.02. The van der Waals surface area contributed by atoms with E-state index in [0.717, 1.165) is 18.8 Å². The summed E-state index contributed by atoms with van der Waals surface area (Å²) in [5.41, 5.74) is 0. The van der Waals surface area contributed by atoms with Gasteiger partial charge in [0.1, 0.15) is 11.6 Å². The molecule has 0 aliphatic carbocycles. The molecular weight excluding hydrogens is 286 g/mol. The van der Waals surface area contributed by atoms with Crippen molar-refractivity contribution in [2.24, 2.45) is 0 Å². The van der Waals surface area contributed by atoms with E-state index < -0.39 is 0 Å². The predicted molar refractivity (Wildman–Crippen MR) is 93.5 cm³/mol. The van der Waals surface area contributed by atoms with Gasteiger partial charge in [-0.2, -0.15) is 0 Å². The minimum absolute atomic E-state index is 0.273. The van der Waals surface area contributed by atoms with Crippen molar-refractivity contribution in [2.45, 2.75) is 96.3 Å². The standard InChI is InChI=1S/C18H33N5/c1-14(13-16-9-5-3-7-11-19-16)20-15(2)18-22-21-17-10-6-4-8-12-23(17)18/h14-16,19-20H,3-13H2,1-2H3. The quantitative estimate of drug-likeness (QED) is 0.876. The van der Waals surface area contributed by atoms with Gasteiger partial charge in [-0.05, 0) is 52.5 Å². The zero-order valence-corrected chi connectivity index (χ0v) is 14.9. The van der Waals surface area contributed by atoms with Crippen LogP contribution < -0.4 is 10.6 Å². The summed E-state index contributed by atoms with van der Waals surface area (Å²) in [6.45, 7) is 6.81. The third-order valence-electron chi connectivity index (χ3n) is 5.36. The number of fused-ring (bicyclic) bond motifs is 1. The van der Waals surface area contributed by atoms with Crippen molar-refractivity contribution in [1.82, 2.24) is 25.4 Å². The topological polar surface area (TPSA) is 54.8 Å². The van der Waals surface area contributed by atoms with Crippen LogP contribution in [0.1, 0.15) is 82.9 Å². The van der Waals surface area contributed by atoms with Gasteiger partial charge in [-0.3, -0.25) is 0 Å². The molecule has 2 N–H and O–H groups in total. The Bertz CT molecular complexity index is 476. The van der Waals surface area contributed by atoms with E-state index in [4.69, 9.17) is 0 Å². The lowest BCUT2D eigenvalue weighted by atomic mass is 10.0. The predicted octanol–water partition coefficient (Wildman–Crippen LogP) is 2.97. The summed E-state index contributed by atoms with van der Waals surface area (Å²) in [7, 11) is 0. The van der Waals surface area contributed by atoms with Crippen molar-refractivity contribution in [3.63, 3.8) is 0 Å². The molecule has 5 nitrogen and oxygen atoms in total. The molecule has 0 aromatic carbocycles. The lowest BCUT2D eigenvalue weighted by Crippen LogP contribution is -2.38. The summed E-state index contributed by atoms with van der Waals surface area (Å²) in [6.07, 6.45) is 11.5. The molecule has 1 fully saturated rings. The van der Waals surface area contributed by atoms with E-state index in [1.54, 1.807) is 0 Å². The molecule has 0 amide bonds. The number of hydrogen-bond donors (Lipinski definition) is 2. The van der Waals surface area contributed by atoms with Crippen LogP contribution in [-0.4, -0.2) is 33.4 Å². The SMILES string of the molecule is CC(CC1CCCCCN1)NC(C)c1nnc2n1CCCCC2. The zero-order chi connectivity index (χ0) is 16.1. The molecule has 1 saturated heterocycles. The van der Waals surface area contributed by atoms with E-state index >= 15 is 0 Å². The number of hydrogen-bond acceptors (Lipinski definition) is 4. The molecule has 130 valence electrons. The van der Waals surface area contributed by atoms with Crippen molar-refractivity contribution in [1.29, 1.82) is 0 Å². The first kappa shape index (κ1) is 16.9. The average molecular weight is 319 g/mol. The van der Waals surface area contributed by atoms with Gasteiger partial charge in [-0.25, -0.2) is 0 Å². The fourth-order valence-corrected chi connectivity index (χ4v) is 4.13. The summed E-state index contributed by atoms with van der Waals surface area (Å²) < 4.78 is 2.36. The minimum atomic E-state index is 0.273. The monoisotopic (exact) mass is 319 g/mol. The van der Waals surface area contributed by atoms with Crippen LogP contribution in [0.5, 0.6) is 0 Å². The Balaban J connectivity index is 1.55. The Kier molecular flexibility index (Phi) is 6.06. The van der Waals surface area contributed by atoms with Gasteiger partial charge in [0.2, 0.25) is 0 Å². The maximum atomic E-state index is 4.49. The van der Waals surface area contributed by atoms with Crippen LogP contribution in [0.15, 0.2) is 0 Å². The Morgan fingerprint density at radius 3 is 2.91 bits per heavy atom. The molecule has 2 aliphatic heterocycles. The fourth-order valence-electron chi connectivity index (χ4n) is 4.13. The van der Waals surface area contributed by atoms with Crippen molar-refractivity contribution >= 4 is 0 Å². The molecule has 0 saturated carbocycles. The molecule has 3 rings (SSSR count). The summed E-state index contributed by atoms with van der Waals surface area (Å²) >= 11 is 0. The van der Waals surface area contributed by atoms with Gasteiger partial charge >= 0.3 is 0 Å². The Hall–Kier alpha value is -0.940. The summed E-state index contributed by atoms with van der Waals surface area (Å²) in [5.74, 6) is 2.31. The lowest BCUT2D eigenvalue weighted by Gasteiger charge is -2.24. The second-order valence-corrected chi connectivity index (χ2v) is 7.46. The molecule has 3 unspecified atom stereocenters. The van der Waals surface area contributed by atoms with E-state index in [-0.39, 0.29) is 6.04 Å². The molecule has 0 spiro atoms. The Morgan fingerprint density at radius 2 is 2.00 bits per heavy atom. The first-order valence-corrected chi connectivity index (χ1v) is 9.65. The second kappa shape index (κ2) is 8.25. The van der Waals surface area contributed by atoms with E-state index in [0.29, 0.717) is 12.1 Å². The van der Waals surface area contributed by atoms with Crippen LogP contribution in [0, 0.1) is 0 Å². The van der Waals surface area contributed by atoms with Crippen LogP contribution in [0.4, 0.5) is 0 Å². The highest BCUT2D eigenvalue weighted by Gasteiger charge is 2.21. The third-order valence-corrected chi connectivity index (χ3v) is 5.36. The van der Waals surface area contributed by atoms with Crippen molar-refractivity contribution in [3.05, 3.63) is 11.6 Å². The number of aromatic nitrogens is 3. The molecule has 5 heteroatoms. The van der Waals surface area contributed by atoms with E-state index in [1.165, 1.54) is 63.7 Å². The normalized spacial score (nSPS) is 25.2. The maximum absolute atomic E-state index is 4.49. The average Bonchev–Trinajstić information content (AvgIpc) is 2.72. The number of nitrogens with zero attached hydrogens (tertiary/aromatic N) is 3. The number of rotatable bonds is 5. The largest absolute Gasteiger partial charge is 0.314 e. The van der Waals surface area contributed by atoms with Crippen molar-refractivity contribution in [3.8, 4) is 0 Å². The van der Waals surface area contributed by atoms with E-state index in [1.807, 2.05) is 0 Å². The van der Waals surface area contributed by atoms with Gasteiger partial charge in [0.05, 0.1) is 6.04 Å². The van der Waals surface area contributed by atoms with Crippen LogP contribution in [0.3, 0.4) is 0 Å². The molecule has 1 aromatic rings. The minimum Gasteiger partial charge on any atom is -0.314 e. The number of nitrogens with one attached hydrogen (secondary N) is 2. The van der Waals surface area contributed by atoms with Gasteiger partial charge in [0.15, 0.2) is 0 Å². The molecule has 3 atom stereocenters. The van der Waals surface area contributed by atoms with E-state index in [9.17, 15) is 0 Å². The van der Waals surface area contributed by atoms with E-state index in [2.05, 4.69) is 39.2 Å². The lowest BCUT2D eigenvalue weighted by molar-refractivity contribution is 0.369. The Morgan fingerprint density at radius 1 is 1.13 bits per heavy atom. The summed E-state index contributed by atoms with van der Waals surface area (Å²) in [6, 6.07) is 1.44. The zero-order valence-electron chi connectivity index (χ0n) is 14.9. The first-order valence-electron chi connectivity index (χ1n) is 9.65. The van der Waals surface area contributed by atoms with Gasteiger partial charge in [-0.15, -0.1) is 10.2 Å². The van der Waals surface area contributed by atoms with Crippen LogP contribution in [-0.2, 0) is 13.0 Å². The van der Waals surface area contributed by atoms with Crippen LogP contribution in [0.25, 0.3) is 0 Å². The maximum Gasteiger partial charge on any atom is 0.149 e. The molecule has 23 heavy (non-hydrogen) atoms. The Labute approximate surface area is 140 Å². The number of aryl methyl sites for hydroxylation is 1. The highest BCUT2D eigenvalue weighted by atomic mass is 15.3. The smallest absolute Gasteiger partial charge is 0.149 e. The van der Waals surface area contributed by atoms with Crippen LogP contribution >= 0.6 is 0 Å². The molecular formula is C18H33N5. The first-order chi connectivity index (χ1) is 11.2. The third kappa shape index (κ3) is 4.54. The van der Waals surface area contributed by atoms with Gasteiger partial charge < -0.3 is 15.2 Å². The van der Waals surface area contributed by atoms with Gasteiger partial charge in [-0.1, -0.05) is 19.3 Å². The van der Waals surface area contributed by atoms with Crippen molar-refractivity contribution in [2.75, 3.05) is 6.54 Å². The molecule has 0 bridgehead atoms. The highest BCUT2D eigenvalue weighted by Crippen LogP contribution is 2.20. The van der Waals surface area contributed by atoms with Gasteiger partial charge in [0, 0.05) is 25.0 Å². The van der Waals surface area contributed by atoms with Crippen LogP contribution in [0.2, 0.25) is 0 Å². The molecule has 2 aliphatic rings. The molecule has 3 heterocycles.